The van der Waals surface area contributed by atoms with Gasteiger partial charge >= 0.3 is 0 Å². The highest BCUT2D eigenvalue weighted by molar-refractivity contribution is 6.05. The summed E-state index contributed by atoms with van der Waals surface area (Å²) < 4.78 is 5.69. The summed E-state index contributed by atoms with van der Waals surface area (Å²) in [4.78, 5) is 27.1. The van der Waals surface area contributed by atoms with Crippen LogP contribution in [0.2, 0.25) is 0 Å². The average Bonchev–Trinajstić information content (AvgIpc) is 2.77. The second kappa shape index (κ2) is 10.6. The molecule has 0 radical (unpaired) electrons. The van der Waals surface area contributed by atoms with E-state index in [9.17, 15) is 9.59 Å². The molecule has 2 aromatic carbocycles. The number of rotatable bonds is 8. The number of amides is 2. The Bertz CT molecular complexity index is 811. The number of piperidine rings is 1. The summed E-state index contributed by atoms with van der Waals surface area (Å²) in [5.41, 5.74) is 1.79. The second-order valence-electron chi connectivity index (χ2n) is 7.47. The number of hydrogen-bond donors (Lipinski definition) is 1. The summed E-state index contributed by atoms with van der Waals surface area (Å²) >= 11 is 0. The number of carbonyl (C=O) groups excluding carboxylic acids is 2. The van der Waals surface area contributed by atoms with Gasteiger partial charge in [-0.1, -0.05) is 25.8 Å². The maximum Gasteiger partial charge on any atom is 0.255 e. The van der Waals surface area contributed by atoms with Gasteiger partial charge < -0.3 is 15.0 Å². The molecule has 0 aliphatic carbocycles. The van der Waals surface area contributed by atoms with Crippen molar-refractivity contribution in [1.82, 2.24) is 4.90 Å². The molecule has 1 heterocycles. The zero-order chi connectivity index (χ0) is 20.5. The standard InChI is InChI=1S/C24H30N2O3/c1-2-3-7-17-29-22-13-11-19(12-14-22)23(27)25-21-10-8-9-20(18-21)24(28)26-15-5-4-6-16-26/h8-14,18H,2-7,15-17H2,1H3,(H,25,27). The van der Waals surface area contributed by atoms with Crippen molar-refractivity contribution in [3.05, 3.63) is 59.7 Å². The van der Waals surface area contributed by atoms with Crippen LogP contribution >= 0.6 is 0 Å². The van der Waals surface area contributed by atoms with Crippen molar-refractivity contribution >= 4 is 17.5 Å². The Hall–Kier alpha value is -2.82. The molecule has 5 heteroatoms. The summed E-state index contributed by atoms with van der Waals surface area (Å²) in [5, 5.41) is 2.89. The Morgan fingerprint density at radius 1 is 0.966 bits per heavy atom. The molecular weight excluding hydrogens is 364 g/mol. The Morgan fingerprint density at radius 2 is 1.72 bits per heavy atom. The Morgan fingerprint density at radius 3 is 2.45 bits per heavy atom. The molecule has 0 aromatic heterocycles. The Kier molecular flexibility index (Phi) is 7.68. The maximum absolute atomic E-state index is 12.7. The zero-order valence-corrected chi connectivity index (χ0v) is 17.2. The lowest BCUT2D eigenvalue weighted by Gasteiger charge is -2.26. The third kappa shape index (κ3) is 6.08. The van der Waals surface area contributed by atoms with Crippen LogP contribution in [0.3, 0.4) is 0 Å². The molecule has 2 aromatic rings. The van der Waals surface area contributed by atoms with E-state index in [2.05, 4.69) is 12.2 Å². The van der Waals surface area contributed by atoms with Crippen LogP contribution in [0.15, 0.2) is 48.5 Å². The molecule has 1 fully saturated rings. The maximum atomic E-state index is 12.7. The Balaban J connectivity index is 1.58. The smallest absolute Gasteiger partial charge is 0.255 e. The quantitative estimate of drug-likeness (QED) is 0.631. The van der Waals surface area contributed by atoms with Crippen LogP contribution in [-0.4, -0.2) is 36.4 Å². The van der Waals surface area contributed by atoms with E-state index < -0.39 is 0 Å². The molecule has 0 spiro atoms. The monoisotopic (exact) mass is 394 g/mol. The summed E-state index contributed by atoms with van der Waals surface area (Å²) in [7, 11) is 0. The van der Waals surface area contributed by atoms with Crippen molar-refractivity contribution in [2.24, 2.45) is 0 Å². The van der Waals surface area contributed by atoms with Gasteiger partial charge in [-0.15, -0.1) is 0 Å². The van der Waals surface area contributed by atoms with Crippen molar-refractivity contribution in [3.8, 4) is 5.75 Å². The number of unbranched alkanes of at least 4 members (excludes halogenated alkanes) is 2. The van der Waals surface area contributed by atoms with Crippen LogP contribution < -0.4 is 10.1 Å². The molecule has 3 rings (SSSR count). The van der Waals surface area contributed by atoms with Crippen LogP contribution in [-0.2, 0) is 0 Å². The molecule has 2 amide bonds. The fourth-order valence-electron chi connectivity index (χ4n) is 3.46. The van der Waals surface area contributed by atoms with E-state index >= 15 is 0 Å². The molecule has 1 saturated heterocycles. The van der Waals surface area contributed by atoms with Crippen molar-refractivity contribution in [1.29, 1.82) is 0 Å². The lowest BCUT2D eigenvalue weighted by atomic mass is 10.1. The van der Waals surface area contributed by atoms with Crippen LogP contribution in [0.25, 0.3) is 0 Å². The first-order valence-corrected chi connectivity index (χ1v) is 10.6. The Labute approximate surface area is 173 Å². The minimum absolute atomic E-state index is 0.0328. The van der Waals surface area contributed by atoms with Crippen molar-refractivity contribution in [2.75, 3.05) is 25.0 Å². The third-order valence-corrected chi connectivity index (χ3v) is 5.14. The summed E-state index contributed by atoms with van der Waals surface area (Å²) in [6.07, 6.45) is 6.64. The van der Waals surface area contributed by atoms with E-state index in [0.29, 0.717) is 23.4 Å². The average molecular weight is 395 g/mol. The van der Waals surface area contributed by atoms with Gasteiger partial charge in [-0.2, -0.15) is 0 Å². The fourth-order valence-corrected chi connectivity index (χ4v) is 3.46. The number of likely N-dealkylation sites (tertiary alicyclic amines) is 1. The van der Waals surface area contributed by atoms with Crippen LogP contribution in [0.4, 0.5) is 5.69 Å². The largest absolute Gasteiger partial charge is 0.494 e. The number of nitrogens with zero attached hydrogens (tertiary/aromatic N) is 1. The molecule has 0 unspecified atom stereocenters. The zero-order valence-electron chi connectivity index (χ0n) is 17.2. The van der Waals surface area contributed by atoms with Gasteiger partial charge in [0.05, 0.1) is 6.61 Å². The van der Waals surface area contributed by atoms with Crippen molar-refractivity contribution in [3.63, 3.8) is 0 Å². The minimum Gasteiger partial charge on any atom is -0.494 e. The molecule has 0 atom stereocenters. The normalized spacial score (nSPS) is 13.8. The minimum atomic E-state index is -0.204. The predicted molar refractivity (Wildman–Crippen MR) is 116 cm³/mol. The number of carbonyl (C=O) groups is 2. The van der Waals surface area contributed by atoms with Gasteiger partial charge in [0.15, 0.2) is 0 Å². The van der Waals surface area contributed by atoms with Gasteiger partial charge in [0.1, 0.15) is 5.75 Å². The molecular formula is C24H30N2O3. The van der Waals surface area contributed by atoms with Crippen molar-refractivity contribution < 1.29 is 14.3 Å². The van der Waals surface area contributed by atoms with Gasteiger partial charge in [0.2, 0.25) is 0 Å². The highest BCUT2D eigenvalue weighted by atomic mass is 16.5. The van der Waals surface area contributed by atoms with E-state index in [1.54, 1.807) is 36.4 Å². The number of nitrogens with one attached hydrogen (secondary N) is 1. The van der Waals surface area contributed by atoms with E-state index in [1.807, 2.05) is 17.0 Å². The molecule has 154 valence electrons. The molecule has 1 aliphatic rings. The van der Waals surface area contributed by atoms with Gasteiger partial charge in [-0.05, 0) is 68.1 Å². The summed E-state index contributed by atoms with van der Waals surface area (Å²) in [5.74, 6) is 0.599. The van der Waals surface area contributed by atoms with Gasteiger partial charge in [0, 0.05) is 29.9 Å². The van der Waals surface area contributed by atoms with Crippen LogP contribution in [0.5, 0.6) is 5.75 Å². The third-order valence-electron chi connectivity index (χ3n) is 5.14. The number of hydrogen-bond acceptors (Lipinski definition) is 3. The molecule has 0 saturated carbocycles. The van der Waals surface area contributed by atoms with Gasteiger partial charge in [-0.3, -0.25) is 9.59 Å². The van der Waals surface area contributed by atoms with E-state index in [4.69, 9.17) is 4.74 Å². The highest BCUT2D eigenvalue weighted by Crippen LogP contribution is 2.18. The van der Waals surface area contributed by atoms with E-state index in [-0.39, 0.29) is 11.8 Å². The van der Waals surface area contributed by atoms with Gasteiger partial charge in [0.25, 0.3) is 11.8 Å². The first kappa shape index (κ1) is 20.9. The molecule has 1 N–H and O–H groups in total. The van der Waals surface area contributed by atoms with Crippen LogP contribution in [0.1, 0.15) is 66.2 Å². The van der Waals surface area contributed by atoms with E-state index in [0.717, 1.165) is 50.9 Å². The SMILES string of the molecule is CCCCCOc1ccc(C(=O)Nc2cccc(C(=O)N3CCCCC3)c2)cc1. The summed E-state index contributed by atoms with van der Waals surface area (Å²) in [6, 6.07) is 14.3. The topological polar surface area (TPSA) is 58.6 Å². The number of benzene rings is 2. The lowest BCUT2D eigenvalue weighted by molar-refractivity contribution is 0.0724. The molecule has 0 bridgehead atoms. The van der Waals surface area contributed by atoms with Gasteiger partial charge in [-0.25, -0.2) is 0 Å². The molecule has 1 aliphatic heterocycles. The van der Waals surface area contributed by atoms with Crippen LogP contribution in [0, 0.1) is 0 Å². The van der Waals surface area contributed by atoms with E-state index in [1.165, 1.54) is 6.42 Å². The predicted octanol–water partition coefficient (Wildman–Crippen LogP) is 5.13. The number of anilines is 1. The second-order valence-corrected chi connectivity index (χ2v) is 7.47. The van der Waals surface area contributed by atoms with Crippen molar-refractivity contribution in [2.45, 2.75) is 45.4 Å². The number of ether oxygens (including phenoxy) is 1. The lowest BCUT2D eigenvalue weighted by Crippen LogP contribution is -2.35. The molecule has 5 nitrogen and oxygen atoms in total. The first-order chi connectivity index (χ1) is 14.2. The highest BCUT2D eigenvalue weighted by Gasteiger charge is 2.18. The molecule has 29 heavy (non-hydrogen) atoms. The first-order valence-electron chi connectivity index (χ1n) is 10.6. The fraction of sp³-hybridized carbons (Fsp3) is 0.417. The summed E-state index contributed by atoms with van der Waals surface area (Å²) in [6.45, 7) is 4.47.